The number of aromatic nitrogens is 5. The maximum atomic E-state index is 12.6. The Hall–Kier alpha value is -3.73. The molecule has 4 rings (SSSR count). The minimum Gasteiger partial charge on any atom is -0.497 e. The zero-order chi connectivity index (χ0) is 22.0. The molecule has 10 nitrogen and oxygen atoms in total. The van der Waals surface area contributed by atoms with Crippen molar-refractivity contribution in [3.8, 4) is 17.2 Å². The van der Waals surface area contributed by atoms with Crippen LogP contribution >= 0.6 is 11.8 Å². The average Bonchev–Trinajstić information content (AvgIpc) is 3.25. The average molecular weight is 439 g/mol. The summed E-state index contributed by atoms with van der Waals surface area (Å²) >= 11 is 1.22. The van der Waals surface area contributed by atoms with E-state index in [4.69, 9.17) is 14.0 Å². The van der Waals surface area contributed by atoms with E-state index in [-0.39, 0.29) is 16.6 Å². The van der Waals surface area contributed by atoms with Crippen LogP contribution in [0.4, 0.5) is 0 Å². The molecule has 3 heterocycles. The largest absolute Gasteiger partial charge is 0.497 e. The van der Waals surface area contributed by atoms with Crippen LogP contribution in [-0.4, -0.2) is 45.3 Å². The van der Waals surface area contributed by atoms with Crippen LogP contribution in [0.15, 0.2) is 44.8 Å². The molecule has 158 valence electrons. The number of pyridine rings is 1. The number of aromatic amines is 1. The summed E-state index contributed by atoms with van der Waals surface area (Å²) in [7, 11) is 2.84. The number of ether oxygens (including phenoxy) is 2. The number of H-pyrrole nitrogens is 1. The molecule has 1 aromatic carbocycles. The van der Waals surface area contributed by atoms with E-state index >= 15 is 0 Å². The maximum absolute atomic E-state index is 12.6. The third kappa shape index (κ3) is 4.26. The molecule has 0 radical (unpaired) electrons. The molecule has 31 heavy (non-hydrogen) atoms. The number of hydrogen-bond acceptors (Lipinski definition) is 10. The van der Waals surface area contributed by atoms with Crippen molar-refractivity contribution in [3.63, 3.8) is 0 Å². The predicted octanol–water partition coefficient (Wildman–Crippen LogP) is 2.76. The number of aryl methyl sites for hydroxylation is 1. The number of benzene rings is 1. The van der Waals surface area contributed by atoms with Gasteiger partial charge in [-0.2, -0.15) is 4.98 Å². The molecule has 0 saturated heterocycles. The number of nitrogens with zero attached hydrogens (tertiary/aromatic N) is 4. The number of nitrogens with one attached hydrogen (secondary N) is 1. The van der Waals surface area contributed by atoms with E-state index in [0.29, 0.717) is 28.3 Å². The standard InChI is InChI=1S/C20H17N5O5S/c1-10-8-13(19(27)29-3)15-16(21-10)23-20(24-17(15)26)31-9-14-22-18(30-25-14)11-4-6-12(28-2)7-5-11/h4-8H,9H2,1-3H3,(H,21,23,24,26). The van der Waals surface area contributed by atoms with E-state index in [1.807, 2.05) is 12.1 Å². The lowest BCUT2D eigenvalue weighted by Gasteiger charge is -2.06. The van der Waals surface area contributed by atoms with Gasteiger partial charge in [-0.05, 0) is 37.3 Å². The molecule has 0 fully saturated rings. The monoisotopic (exact) mass is 439 g/mol. The Balaban J connectivity index is 1.56. The number of rotatable bonds is 6. The van der Waals surface area contributed by atoms with Gasteiger partial charge in [-0.1, -0.05) is 16.9 Å². The van der Waals surface area contributed by atoms with Crippen molar-refractivity contribution >= 4 is 28.8 Å². The van der Waals surface area contributed by atoms with Crippen LogP contribution in [0.3, 0.4) is 0 Å². The molecular formula is C20H17N5O5S. The number of carbonyl (C=O) groups excluding carboxylic acids is 1. The summed E-state index contributed by atoms with van der Waals surface area (Å²) in [4.78, 5) is 40.3. The molecule has 0 spiro atoms. The number of fused-ring (bicyclic) bond motifs is 1. The summed E-state index contributed by atoms with van der Waals surface area (Å²) in [5.41, 5.74) is 1.12. The molecule has 0 bridgehead atoms. The fourth-order valence-electron chi connectivity index (χ4n) is 2.88. The predicted molar refractivity (Wildman–Crippen MR) is 112 cm³/mol. The van der Waals surface area contributed by atoms with Gasteiger partial charge < -0.3 is 19.0 Å². The molecule has 0 aliphatic heterocycles. The normalized spacial score (nSPS) is 10.9. The van der Waals surface area contributed by atoms with Gasteiger partial charge >= 0.3 is 5.97 Å². The summed E-state index contributed by atoms with van der Waals surface area (Å²) in [6, 6.07) is 8.74. The molecule has 3 aromatic heterocycles. The highest BCUT2D eigenvalue weighted by Gasteiger charge is 2.18. The zero-order valence-electron chi connectivity index (χ0n) is 16.8. The summed E-state index contributed by atoms with van der Waals surface area (Å²) < 4.78 is 15.2. The van der Waals surface area contributed by atoms with Crippen LogP contribution < -0.4 is 10.3 Å². The summed E-state index contributed by atoms with van der Waals surface area (Å²) in [6.45, 7) is 1.71. The van der Waals surface area contributed by atoms with E-state index in [1.165, 1.54) is 24.9 Å². The number of thioether (sulfide) groups is 1. The number of carbonyl (C=O) groups is 1. The Morgan fingerprint density at radius 3 is 2.65 bits per heavy atom. The van der Waals surface area contributed by atoms with Gasteiger partial charge in [0.15, 0.2) is 16.6 Å². The van der Waals surface area contributed by atoms with Gasteiger partial charge in [0.1, 0.15) is 5.75 Å². The second kappa shape index (κ2) is 8.56. The Kier molecular flexibility index (Phi) is 5.67. The smallest absolute Gasteiger partial charge is 0.338 e. The third-order valence-electron chi connectivity index (χ3n) is 4.33. The van der Waals surface area contributed by atoms with E-state index in [2.05, 4.69) is 25.1 Å². The van der Waals surface area contributed by atoms with Crippen molar-refractivity contribution in [2.45, 2.75) is 17.8 Å². The van der Waals surface area contributed by atoms with Crippen molar-refractivity contribution in [1.82, 2.24) is 25.1 Å². The lowest BCUT2D eigenvalue weighted by Crippen LogP contribution is -2.16. The first kappa shape index (κ1) is 20.5. The van der Waals surface area contributed by atoms with Crippen LogP contribution in [0, 0.1) is 6.92 Å². The Morgan fingerprint density at radius 1 is 1.16 bits per heavy atom. The highest BCUT2D eigenvalue weighted by Crippen LogP contribution is 2.24. The minimum absolute atomic E-state index is 0.0863. The number of methoxy groups -OCH3 is 2. The first-order valence-electron chi connectivity index (χ1n) is 9.08. The number of esters is 1. The molecule has 0 saturated carbocycles. The van der Waals surface area contributed by atoms with Crippen molar-refractivity contribution in [2.24, 2.45) is 0 Å². The van der Waals surface area contributed by atoms with Crippen LogP contribution in [0.2, 0.25) is 0 Å². The van der Waals surface area contributed by atoms with Crippen LogP contribution in [0.5, 0.6) is 5.75 Å². The van der Waals surface area contributed by atoms with Crippen LogP contribution in [0.1, 0.15) is 21.9 Å². The quantitative estimate of drug-likeness (QED) is 0.271. The molecule has 0 amide bonds. The Morgan fingerprint density at radius 2 is 1.94 bits per heavy atom. The molecule has 11 heteroatoms. The van der Waals surface area contributed by atoms with E-state index in [0.717, 1.165) is 11.3 Å². The van der Waals surface area contributed by atoms with Gasteiger partial charge in [0.2, 0.25) is 0 Å². The van der Waals surface area contributed by atoms with Gasteiger partial charge in [-0.25, -0.2) is 14.8 Å². The SMILES string of the molecule is COC(=O)c1cc(C)nc2nc(SCc3noc(-c4ccc(OC)cc4)n3)[nH]c(=O)c12. The van der Waals surface area contributed by atoms with Crippen LogP contribution in [0.25, 0.3) is 22.5 Å². The van der Waals surface area contributed by atoms with Gasteiger partial charge in [0.05, 0.1) is 30.9 Å². The van der Waals surface area contributed by atoms with Crippen LogP contribution in [-0.2, 0) is 10.5 Å². The molecular weight excluding hydrogens is 422 g/mol. The number of hydrogen-bond donors (Lipinski definition) is 1. The van der Waals surface area contributed by atoms with E-state index in [1.54, 1.807) is 26.2 Å². The van der Waals surface area contributed by atoms with Crippen molar-refractivity contribution in [1.29, 1.82) is 0 Å². The summed E-state index contributed by atoms with van der Waals surface area (Å²) in [6.07, 6.45) is 0. The third-order valence-corrected chi connectivity index (χ3v) is 5.20. The van der Waals surface area contributed by atoms with Gasteiger partial charge in [-0.3, -0.25) is 4.79 Å². The molecule has 0 aliphatic rings. The summed E-state index contributed by atoms with van der Waals surface area (Å²) in [5.74, 6) is 1.22. The van der Waals surface area contributed by atoms with E-state index in [9.17, 15) is 9.59 Å². The second-order valence-electron chi connectivity index (χ2n) is 6.41. The van der Waals surface area contributed by atoms with Gasteiger partial charge in [0.25, 0.3) is 11.4 Å². The van der Waals surface area contributed by atoms with Crippen molar-refractivity contribution < 1.29 is 18.8 Å². The molecule has 0 atom stereocenters. The first-order valence-corrected chi connectivity index (χ1v) is 10.1. The lowest BCUT2D eigenvalue weighted by molar-refractivity contribution is 0.0602. The van der Waals surface area contributed by atoms with E-state index < -0.39 is 11.5 Å². The molecule has 0 aliphatic carbocycles. The fraction of sp³-hybridized carbons (Fsp3) is 0.200. The second-order valence-corrected chi connectivity index (χ2v) is 7.37. The van der Waals surface area contributed by atoms with Crippen molar-refractivity contribution in [2.75, 3.05) is 14.2 Å². The van der Waals surface area contributed by atoms with Gasteiger partial charge in [0, 0.05) is 11.3 Å². The molecule has 0 unspecified atom stereocenters. The highest BCUT2D eigenvalue weighted by atomic mass is 32.2. The highest BCUT2D eigenvalue weighted by molar-refractivity contribution is 7.98. The molecule has 4 aromatic rings. The molecule has 1 N–H and O–H groups in total. The Bertz CT molecular complexity index is 1320. The fourth-order valence-corrected chi connectivity index (χ4v) is 3.58. The van der Waals surface area contributed by atoms with Gasteiger partial charge in [-0.15, -0.1) is 0 Å². The zero-order valence-corrected chi connectivity index (χ0v) is 17.6. The van der Waals surface area contributed by atoms with Crippen molar-refractivity contribution in [3.05, 3.63) is 57.8 Å². The summed E-state index contributed by atoms with van der Waals surface area (Å²) in [5, 5.41) is 4.37. The maximum Gasteiger partial charge on any atom is 0.338 e. The Labute approximate surface area is 180 Å². The minimum atomic E-state index is -0.624. The lowest BCUT2D eigenvalue weighted by atomic mass is 10.1. The topological polar surface area (TPSA) is 133 Å². The first-order chi connectivity index (χ1) is 15.0.